The van der Waals surface area contributed by atoms with Crippen LogP contribution in [0.3, 0.4) is 0 Å². The molecular weight excluding hydrogens is 286 g/mol. The molecule has 110 valence electrons. The molecule has 0 aliphatic carbocycles. The standard InChI is InChI=1S/C15H17N3O2S/c1-10-7-12(20-17-10)8-18(3)9-13-11(2)19-15(16-13)14-5-4-6-21-14/h4-7H,8-9H2,1-3H3. The Labute approximate surface area is 127 Å². The fourth-order valence-corrected chi connectivity index (χ4v) is 2.80. The highest BCUT2D eigenvalue weighted by molar-refractivity contribution is 7.13. The van der Waals surface area contributed by atoms with Crippen molar-refractivity contribution in [2.24, 2.45) is 0 Å². The lowest BCUT2D eigenvalue weighted by atomic mass is 10.3. The molecule has 3 aromatic heterocycles. The van der Waals surface area contributed by atoms with E-state index in [-0.39, 0.29) is 0 Å². The van der Waals surface area contributed by atoms with Gasteiger partial charge in [0.05, 0.1) is 22.8 Å². The molecule has 0 atom stereocenters. The molecule has 0 saturated carbocycles. The first kappa shape index (κ1) is 14.0. The summed E-state index contributed by atoms with van der Waals surface area (Å²) in [5.41, 5.74) is 1.85. The van der Waals surface area contributed by atoms with Gasteiger partial charge in [-0.1, -0.05) is 11.2 Å². The van der Waals surface area contributed by atoms with Crippen LogP contribution >= 0.6 is 11.3 Å². The summed E-state index contributed by atoms with van der Waals surface area (Å²) in [6, 6.07) is 5.96. The molecule has 3 aromatic rings. The molecule has 0 aromatic carbocycles. The summed E-state index contributed by atoms with van der Waals surface area (Å²) >= 11 is 1.63. The van der Waals surface area contributed by atoms with Gasteiger partial charge in [-0.05, 0) is 32.3 Å². The first-order chi connectivity index (χ1) is 10.1. The Bertz CT molecular complexity index is 715. The highest BCUT2D eigenvalue weighted by Gasteiger charge is 2.14. The zero-order chi connectivity index (χ0) is 14.8. The number of hydrogen-bond acceptors (Lipinski definition) is 6. The second kappa shape index (κ2) is 5.83. The molecule has 0 saturated heterocycles. The third-order valence-corrected chi connectivity index (χ3v) is 4.00. The summed E-state index contributed by atoms with van der Waals surface area (Å²) in [7, 11) is 2.02. The Morgan fingerprint density at radius 3 is 2.81 bits per heavy atom. The molecule has 0 aliphatic heterocycles. The van der Waals surface area contributed by atoms with Crippen molar-refractivity contribution in [3.05, 3.63) is 46.5 Å². The second-order valence-corrected chi connectivity index (χ2v) is 6.05. The maximum Gasteiger partial charge on any atom is 0.236 e. The van der Waals surface area contributed by atoms with E-state index in [1.807, 2.05) is 44.5 Å². The Morgan fingerprint density at radius 2 is 2.14 bits per heavy atom. The van der Waals surface area contributed by atoms with Gasteiger partial charge in [0.15, 0.2) is 5.76 Å². The smallest absolute Gasteiger partial charge is 0.236 e. The molecule has 0 amide bonds. The molecule has 0 fully saturated rings. The molecule has 0 spiro atoms. The maximum absolute atomic E-state index is 5.75. The maximum atomic E-state index is 5.75. The molecule has 3 rings (SSSR count). The highest BCUT2D eigenvalue weighted by Crippen LogP contribution is 2.26. The third kappa shape index (κ3) is 3.22. The van der Waals surface area contributed by atoms with Crippen LogP contribution in [-0.2, 0) is 13.1 Å². The number of rotatable bonds is 5. The van der Waals surface area contributed by atoms with E-state index in [9.17, 15) is 0 Å². The van der Waals surface area contributed by atoms with Crippen molar-refractivity contribution in [2.45, 2.75) is 26.9 Å². The molecule has 5 nitrogen and oxygen atoms in total. The molecule has 3 heterocycles. The number of aryl methyl sites for hydroxylation is 2. The molecule has 0 unspecified atom stereocenters. The topological polar surface area (TPSA) is 55.3 Å². The minimum atomic E-state index is 0.696. The minimum Gasteiger partial charge on any atom is -0.440 e. The van der Waals surface area contributed by atoms with E-state index < -0.39 is 0 Å². The summed E-state index contributed by atoms with van der Waals surface area (Å²) in [4.78, 5) is 7.78. The van der Waals surface area contributed by atoms with Crippen LogP contribution < -0.4 is 0 Å². The van der Waals surface area contributed by atoms with Gasteiger partial charge in [-0.3, -0.25) is 4.90 Å². The van der Waals surface area contributed by atoms with Crippen molar-refractivity contribution < 1.29 is 8.94 Å². The zero-order valence-electron chi connectivity index (χ0n) is 12.3. The Balaban J connectivity index is 1.70. The molecular formula is C15H17N3O2S. The highest BCUT2D eigenvalue weighted by atomic mass is 32.1. The monoisotopic (exact) mass is 303 g/mol. The molecule has 0 aliphatic rings. The van der Waals surface area contributed by atoms with Gasteiger partial charge < -0.3 is 8.94 Å². The van der Waals surface area contributed by atoms with Crippen LogP contribution in [0.25, 0.3) is 10.8 Å². The van der Waals surface area contributed by atoms with Crippen LogP contribution in [0.1, 0.15) is 22.9 Å². The summed E-state index contributed by atoms with van der Waals surface area (Å²) in [6.45, 7) is 5.27. The van der Waals surface area contributed by atoms with E-state index in [0.29, 0.717) is 19.0 Å². The Morgan fingerprint density at radius 1 is 1.29 bits per heavy atom. The van der Waals surface area contributed by atoms with Crippen LogP contribution in [0.4, 0.5) is 0 Å². The van der Waals surface area contributed by atoms with Crippen LogP contribution in [0.5, 0.6) is 0 Å². The Kier molecular flexibility index (Phi) is 3.90. The van der Waals surface area contributed by atoms with Gasteiger partial charge in [0.2, 0.25) is 5.89 Å². The van der Waals surface area contributed by atoms with E-state index in [0.717, 1.165) is 27.8 Å². The largest absolute Gasteiger partial charge is 0.440 e. The summed E-state index contributed by atoms with van der Waals surface area (Å²) in [5, 5.41) is 5.92. The summed E-state index contributed by atoms with van der Waals surface area (Å²) in [6.07, 6.45) is 0. The van der Waals surface area contributed by atoms with Crippen LogP contribution in [0, 0.1) is 13.8 Å². The van der Waals surface area contributed by atoms with E-state index in [1.165, 1.54) is 0 Å². The van der Waals surface area contributed by atoms with Crippen molar-refractivity contribution >= 4 is 11.3 Å². The van der Waals surface area contributed by atoms with Crippen molar-refractivity contribution in [3.8, 4) is 10.8 Å². The Hall–Kier alpha value is -1.92. The van der Waals surface area contributed by atoms with Gasteiger partial charge in [-0.2, -0.15) is 0 Å². The van der Waals surface area contributed by atoms with Crippen LogP contribution in [-0.4, -0.2) is 22.1 Å². The summed E-state index contributed by atoms with van der Waals surface area (Å²) < 4.78 is 11.0. The molecule has 0 bridgehead atoms. The molecule has 6 heteroatoms. The van der Waals surface area contributed by atoms with Gasteiger partial charge >= 0.3 is 0 Å². The van der Waals surface area contributed by atoms with Crippen molar-refractivity contribution in [3.63, 3.8) is 0 Å². The van der Waals surface area contributed by atoms with Gasteiger partial charge in [0.1, 0.15) is 5.76 Å². The molecule has 0 radical (unpaired) electrons. The fourth-order valence-electron chi connectivity index (χ4n) is 2.15. The first-order valence-corrected chi connectivity index (χ1v) is 7.60. The van der Waals surface area contributed by atoms with Gasteiger partial charge in [0.25, 0.3) is 0 Å². The number of nitrogens with zero attached hydrogens (tertiary/aromatic N) is 3. The fraction of sp³-hybridized carbons (Fsp3) is 0.333. The number of aromatic nitrogens is 2. The van der Waals surface area contributed by atoms with E-state index in [4.69, 9.17) is 8.94 Å². The van der Waals surface area contributed by atoms with E-state index in [2.05, 4.69) is 15.0 Å². The van der Waals surface area contributed by atoms with E-state index in [1.54, 1.807) is 11.3 Å². The lowest BCUT2D eigenvalue weighted by Gasteiger charge is -2.12. The van der Waals surface area contributed by atoms with Crippen molar-refractivity contribution in [1.29, 1.82) is 0 Å². The van der Waals surface area contributed by atoms with Gasteiger partial charge in [0, 0.05) is 12.6 Å². The van der Waals surface area contributed by atoms with Crippen LogP contribution in [0.15, 0.2) is 32.5 Å². The van der Waals surface area contributed by atoms with Gasteiger partial charge in [-0.25, -0.2) is 4.98 Å². The second-order valence-electron chi connectivity index (χ2n) is 5.11. The minimum absolute atomic E-state index is 0.696. The number of oxazole rings is 1. The van der Waals surface area contributed by atoms with Crippen molar-refractivity contribution in [2.75, 3.05) is 7.05 Å². The lowest BCUT2D eigenvalue weighted by Crippen LogP contribution is -2.17. The first-order valence-electron chi connectivity index (χ1n) is 6.73. The SMILES string of the molecule is Cc1cc(CN(C)Cc2nc(-c3cccs3)oc2C)on1. The average molecular weight is 303 g/mol. The average Bonchev–Trinajstić information content (AvgIpc) is 3.13. The quantitative estimate of drug-likeness (QED) is 0.720. The van der Waals surface area contributed by atoms with Crippen molar-refractivity contribution in [1.82, 2.24) is 15.0 Å². The number of hydrogen-bond donors (Lipinski definition) is 0. The number of thiophene rings is 1. The zero-order valence-corrected chi connectivity index (χ0v) is 13.1. The summed E-state index contributed by atoms with van der Waals surface area (Å²) in [5.74, 6) is 2.41. The predicted molar refractivity (Wildman–Crippen MR) is 81.0 cm³/mol. The normalized spacial score (nSPS) is 11.4. The molecule has 21 heavy (non-hydrogen) atoms. The van der Waals surface area contributed by atoms with E-state index >= 15 is 0 Å². The van der Waals surface area contributed by atoms with Crippen LogP contribution in [0.2, 0.25) is 0 Å². The third-order valence-electron chi connectivity index (χ3n) is 3.15. The van der Waals surface area contributed by atoms with Gasteiger partial charge in [-0.15, -0.1) is 11.3 Å². The molecule has 0 N–H and O–H groups in total. The predicted octanol–water partition coefficient (Wildman–Crippen LogP) is 3.64. The lowest BCUT2D eigenvalue weighted by molar-refractivity contribution is 0.263.